The van der Waals surface area contributed by atoms with E-state index in [1.165, 1.54) is 40.8 Å². The van der Waals surface area contributed by atoms with Crippen LogP contribution in [-0.2, 0) is 0 Å². The second-order valence-corrected chi connectivity index (χ2v) is 6.87. The van der Waals surface area contributed by atoms with Gasteiger partial charge in [0.15, 0.2) is 0 Å². The van der Waals surface area contributed by atoms with Crippen molar-refractivity contribution in [1.82, 2.24) is 5.32 Å². The van der Waals surface area contributed by atoms with E-state index in [1.54, 1.807) is 0 Å². The first-order chi connectivity index (χ1) is 8.81. The molecule has 1 unspecified atom stereocenters. The molecule has 0 amide bonds. The Labute approximate surface area is 123 Å². The van der Waals surface area contributed by atoms with Crippen LogP contribution in [0.4, 0.5) is 0 Å². The van der Waals surface area contributed by atoms with Crippen LogP contribution in [0.2, 0.25) is 0 Å². The highest BCUT2D eigenvalue weighted by atomic mass is 79.9. The number of thioether (sulfide) groups is 1. The minimum Gasteiger partial charge on any atom is -0.313 e. The summed E-state index contributed by atoms with van der Waals surface area (Å²) in [5.74, 6) is 2.07. The number of hydrogen-bond acceptors (Lipinski definition) is 2. The molecule has 18 heavy (non-hydrogen) atoms. The van der Waals surface area contributed by atoms with Gasteiger partial charge in [0.1, 0.15) is 0 Å². The molecule has 1 saturated carbocycles. The molecule has 0 radical (unpaired) electrons. The third kappa shape index (κ3) is 4.01. The molecule has 0 aromatic heterocycles. The van der Waals surface area contributed by atoms with Gasteiger partial charge < -0.3 is 5.32 Å². The lowest BCUT2D eigenvalue weighted by atomic mass is 10.00. The maximum atomic E-state index is 3.68. The summed E-state index contributed by atoms with van der Waals surface area (Å²) in [6.45, 7) is 3.29. The summed E-state index contributed by atoms with van der Waals surface area (Å²) in [7, 11) is 0. The molecule has 0 aliphatic heterocycles. The summed E-state index contributed by atoms with van der Waals surface area (Å²) in [4.78, 5) is 1.36. The maximum absolute atomic E-state index is 3.68. The van der Waals surface area contributed by atoms with Gasteiger partial charge in [0, 0.05) is 21.2 Å². The van der Waals surface area contributed by atoms with Crippen molar-refractivity contribution in [3.8, 4) is 0 Å². The molecular formula is C15H22BrNS. The standard InChI is InChI=1S/C15H22BrNS/c1-2-17-14(12-7-3-4-8-12)11-18-15-10-6-5-9-13(15)16/h5-6,9-10,12,14,17H,2-4,7-8,11H2,1H3. The first kappa shape index (κ1) is 14.4. The number of hydrogen-bond donors (Lipinski definition) is 1. The minimum atomic E-state index is 0.676. The van der Waals surface area contributed by atoms with Crippen LogP contribution in [0.25, 0.3) is 0 Å². The van der Waals surface area contributed by atoms with Crippen molar-refractivity contribution < 1.29 is 0 Å². The maximum Gasteiger partial charge on any atom is 0.0311 e. The van der Waals surface area contributed by atoms with E-state index in [4.69, 9.17) is 0 Å². The number of rotatable bonds is 6. The fourth-order valence-corrected chi connectivity index (χ4v) is 4.48. The Morgan fingerprint density at radius 1 is 1.33 bits per heavy atom. The molecule has 2 rings (SSSR count). The zero-order chi connectivity index (χ0) is 12.8. The smallest absolute Gasteiger partial charge is 0.0311 e. The third-order valence-corrected chi connectivity index (χ3v) is 5.84. The highest BCUT2D eigenvalue weighted by molar-refractivity contribution is 9.10. The van der Waals surface area contributed by atoms with Crippen LogP contribution in [-0.4, -0.2) is 18.3 Å². The largest absolute Gasteiger partial charge is 0.313 e. The van der Waals surface area contributed by atoms with E-state index >= 15 is 0 Å². The summed E-state index contributed by atoms with van der Waals surface area (Å²) < 4.78 is 1.22. The summed E-state index contributed by atoms with van der Waals surface area (Å²) in [5, 5.41) is 3.68. The molecule has 0 saturated heterocycles. The lowest BCUT2D eigenvalue weighted by molar-refractivity contribution is 0.394. The van der Waals surface area contributed by atoms with Crippen molar-refractivity contribution in [2.24, 2.45) is 5.92 Å². The van der Waals surface area contributed by atoms with Crippen molar-refractivity contribution in [3.05, 3.63) is 28.7 Å². The molecule has 1 aromatic rings. The van der Waals surface area contributed by atoms with E-state index in [0.29, 0.717) is 6.04 Å². The molecule has 1 fully saturated rings. The van der Waals surface area contributed by atoms with Crippen LogP contribution in [0.15, 0.2) is 33.6 Å². The average Bonchev–Trinajstić information content (AvgIpc) is 2.90. The normalized spacial score (nSPS) is 18.1. The quantitative estimate of drug-likeness (QED) is 0.759. The van der Waals surface area contributed by atoms with Crippen molar-refractivity contribution in [3.63, 3.8) is 0 Å². The first-order valence-electron chi connectivity index (χ1n) is 6.92. The Bertz CT molecular complexity index is 363. The zero-order valence-electron chi connectivity index (χ0n) is 11.0. The number of benzene rings is 1. The highest BCUT2D eigenvalue weighted by Crippen LogP contribution is 2.32. The zero-order valence-corrected chi connectivity index (χ0v) is 13.4. The monoisotopic (exact) mass is 327 g/mol. The van der Waals surface area contributed by atoms with Crippen LogP contribution >= 0.6 is 27.7 Å². The highest BCUT2D eigenvalue weighted by Gasteiger charge is 2.24. The molecule has 0 spiro atoms. The Morgan fingerprint density at radius 3 is 2.72 bits per heavy atom. The van der Waals surface area contributed by atoms with Crippen molar-refractivity contribution in [2.75, 3.05) is 12.3 Å². The van der Waals surface area contributed by atoms with Gasteiger partial charge in [0.2, 0.25) is 0 Å². The van der Waals surface area contributed by atoms with Gasteiger partial charge >= 0.3 is 0 Å². The average molecular weight is 328 g/mol. The molecule has 1 atom stereocenters. The molecule has 1 nitrogen and oxygen atoms in total. The topological polar surface area (TPSA) is 12.0 Å². The fraction of sp³-hybridized carbons (Fsp3) is 0.600. The summed E-state index contributed by atoms with van der Waals surface area (Å²) in [6, 6.07) is 9.19. The molecule has 1 aliphatic rings. The Kier molecular flexibility index (Phi) is 6.06. The van der Waals surface area contributed by atoms with E-state index in [9.17, 15) is 0 Å². The Hall–Kier alpha value is 0.01000. The molecule has 100 valence electrons. The van der Waals surface area contributed by atoms with E-state index < -0.39 is 0 Å². The molecule has 1 N–H and O–H groups in total. The van der Waals surface area contributed by atoms with Gasteiger partial charge in [-0.3, -0.25) is 0 Å². The van der Waals surface area contributed by atoms with Crippen LogP contribution in [0, 0.1) is 5.92 Å². The van der Waals surface area contributed by atoms with E-state index in [-0.39, 0.29) is 0 Å². The molecule has 0 heterocycles. The van der Waals surface area contributed by atoms with Gasteiger partial charge in [0.25, 0.3) is 0 Å². The van der Waals surface area contributed by atoms with Crippen molar-refractivity contribution in [1.29, 1.82) is 0 Å². The van der Waals surface area contributed by atoms with E-state index in [0.717, 1.165) is 12.5 Å². The Morgan fingerprint density at radius 2 is 2.06 bits per heavy atom. The van der Waals surface area contributed by atoms with Crippen LogP contribution in [0.5, 0.6) is 0 Å². The van der Waals surface area contributed by atoms with Gasteiger partial charge in [-0.1, -0.05) is 31.9 Å². The Balaban J connectivity index is 1.91. The lowest BCUT2D eigenvalue weighted by Crippen LogP contribution is -2.37. The van der Waals surface area contributed by atoms with Crippen LogP contribution in [0.1, 0.15) is 32.6 Å². The second kappa shape index (κ2) is 7.56. The number of nitrogens with one attached hydrogen (secondary N) is 1. The summed E-state index contributed by atoms with van der Waals surface area (Å²) in [6.07, 6.45) is 5.67. The summed E-state index contributed by atoms with van der Waals surface area (Å²) in [5.41, 5.74) is 0. The minimum absolute atomic E-state index is 0.676. The van der Waals surface area contributed by atoms with Gasteiger partial charge in [-0.05, 0) is 53.4 Å². The van der Waals surface area contributed by atoms with Crippen LogP contribution < -0.4 is 5.32 Å². The lowest BCUT2D eigenvalue weighted by Gasteiger charge is -2.24. The van der Waals surface area contributed by atoms with Gasteiger partial charge in [-0.25, -0.2) is 0 Å². The van der Waals surface area contributed by atoms with Gasteiger partial charge in [-0.15, -0.1) is 11.8 Å². The molecule has 0 bridgehead atoms. The van der Waals surface area contributed by atoms with Gasteiger partial charge in [-0.2, -0.15) is 0 Å². The molecular weight excluding hydrogens is 306 g/mol. The van der Waals surface area contributed by atoms with Crippen molar-refractivity contribution in [2.45, 2.75) is 43.5 Å². The third-order valence-electron chi connectivity index (χ3n) is 3.69. The van der Waals surface area contributed by atoms with Crippen molar-refractivity contribution >= 4 is 27.7 Å². The molecule has 1 aliphatic carbocycles. The predicted octanol–water partition coefficient (Wildman–Crippen LogP) is 4.71. The van der Waals surface area contributed by atoms with E-state index in [2.05, 4.69) is 52.4 Å². The SMILES string of the molecule is CCNC(CSc1ccccc1Br)C1CCCC1. The van der Waals surface area contributed by atoms with Crippen LogP contribution in [0.3, 0.4) is 0 Å². The van der Waals surface area contributed by atoms with E-state index in [1.807, 2.05) is 11.8 Å². The second-order valence-electron chi connectivity index (χ2n) is 4.95. The predicted molar refractivity (Wildman–Crippen MR) is 84.3 cm³/mol. The summed E-state index contributed by atoms with van der Waals surface area (Å²) >= 11 is 5.60. The molecule has 3 heteroatoms. The fourth-order valence-electron chi connectivity index (χ4n) is 2.72. The van der Waals surface area contributed by atoms with Gasteiger partial charge in [0.05, 0.1) is 0 Å². The number of halogens is 1. The first-order valence-corrected chi connectivity index (χ1v) is 8.70. The molecule has 1 aromatic carbocycles.